The van der Waals surface area contributed by atoms with Gasteiger partial charge in [0.1, 0.15) is 5.82 Å². The quantitative estimate of drug-likeness (QED) is 0.379. The number of hydrogen-bond acceptors (Lipinski definition) is 5. The third-order valence-electron chi connectivity index (χ3n) is 2.51. The highest BCUT2D eigenvalue weighted by Gasteiger charge is 2.19. The van der Waals surface area contributed by atoms with Crippen molar-refractivity contribution in [1.82, 2.24) is 0 Å². The highest BCUT2D eigenvalue weighted by molar-refractivity contribution is 9.10. The lowest BCUT2D eigenvalue weighted by molar-refractivity contribution is -0.386. The smallest absolute Gasteiger partial charge is 0.313 e. The van der Waals surface area contributed by atoms with E-state index in [1.165, 1.54) is 6.07 Å². The van der Waals surface area contributed by atoms with E-state index in [1.54, 1.807) is 0 Å². The Morgan fingerprint density at radius 2 is 1.95 bits per heavy atom. The van der Waals surface area contributed by atoms with E-state index in [-0.39, 0.29) is 16.8 Å². The molecule has 0 N–H and O–H groups in total. The van der Waals surface area contributed by atoms with Crippen LogP contribution >= 0.6 is 15.9 Å². The van der Waals surface area contributed by atoms with Gasteiger partial charge in [-0.05, 0) is 29.8 Å². The number of nitro groups is 1. The van der Waals surface area contributed by atoms with Gasteiger partial charge in [-0.25, -0.2) is 4.39 Å². The summed E-state index contributed by atoms with van der Waals surface area (Å²) in [6, 6.07) is 2.06. The second-order valence-corrected chi connectivity index (χ2v) is 4.82. The molecule has 8 heteroatoms. The Kier molecular flexibility index (Phi) is 7.55. The first-order chi connectivity index (χ1) is 9.99. The summed E-state index contributed by atoms with van der Waals surface area (Å²) in [7, 11) is 0. The van der Waals surface area contributed by atoms with Gasteiger partial charge >= 0.3 is 5.69 Å². The molecule has 1 aromatic rings. The summed E-state index contributed by atoms with van der Waals surface area (Å²) in [6.45, 7) is 4.83. The van der Waals surface area contributed by atoms with Gasteiger partial charge < -0.3 is 14.2 Å². The van der Waals surface area contributed by atoms with Gasteiger partial charge in [0.2, 0.25) is 0 Å². The Bertz CT molecular complexity index is 480. The molecule has 1 aromatic carbocycles. The van der Waals surface area contributed by atoms with Gasteiger partial charge in [-0.3, -0.25) is 10.1 Å². The predicted octanol–water partition coefficient (Wildman–Crippen LogP) is 3.66. The van der Waals surface area contributed by atoms with E-state index in [0.717, 1.165) is 6.07 Å². The normalized spacial score (nSPS) is 10.9. The maximum absolute atomic E-state index is 13.3. The van der Waals surface area contributed by atoms with Crippen molar-refractivity contribution in [3.63, 3.8) is 0 Å². The highest BCUT2D eigenvalue weighted by Crippen LogP contribution is 2.32. The van der Waals surface area contributed by atoms with Crippen LogP contribution in [-0.4, -0.2) is 31.0 Å². The summed E-state index contributed by atoms with van der Waals surface area (Å²) in [5.41, 5.74) is -0.417. The summed E-state index contributed by atoms with van der Waals surface area (Å²) in [5.74, 6) is -0.712. The predicted molar refractivity (Wildman–Crippen MR) is 77.9 cm³/mol. The minimum Gasteiger partial charge on any atom is -0.487 e. The van der Waals surface area contributed by atoms with Crippen molar-refractivity contribution in [2.75, 3.05) is 19.8 Å². The number of nitro benzene ring substituents is 1. The molecule has 0 aliphatic rings. The average molecular weight is 366 g/mol. The van der Waals surface area contributed by atoms with E-state index in [1.807, 2.05) is 13.8 Å². The monoisotopic (exact) mass is 365 g/mol. The molecule has 0 bridgehead atoms. The lowest BCUT2D eigenvalue weighted by atomic mass is 10.3. The van der Waals surface area contributed by atoms with Crippen molar-refractivity contribution in [1.29, 1.82) is 0 Å². The molecular weight excluding hydrogens is 349 g/mol. The molecule has 0 aliphatic carbocycles. The fraction of sp³-hybridized carbons (Fsp3) is 0.538. The van der Waals surface area contributed by atoms with E-state index >= 15 is 0 Å². The van der Waals surface area contributed by atoms with E-state index in [2.05, 4.69) is 15.9 Å². The highest BCUT2D eigenvalue weighted by atomic mass is 79.9. The molecule has 1 rings (SSSR count). The first kappa shape index (κ1) is 17.8. The van der Waals surface area contributed by atoms with Crippen LogP contribution in [0.25, 0.3) is 0 Å². The molecule has 0 atom stereocenters. The van der Waals surface area contributed by atoms with Crippen molar-refractivity contribution in [3.8, 4) is 5.75 Å². The lowest BCUT2D eigenvalue weighted by Crippen LogP contribution is -2.20. The topological polar surface area (TPSA) is 70.8 Å². The molecule has 0 fully saturated rings. The third-order valence-corrected chi connectivity index (χ3v) is 3.12. The molecule has 6 nitrogen and oxygen atoms in total. The Labute approximate surface area is 130 Å². The van der Waals surface area contributed by atoms with Gasteiger partial charge in [-0.2, -0.15) is 0 Å². The summed E-state index contributed by atoms with van der Waals surface area (Å²) in [5, 5.41) is 10.9. The Hall–Kier alpha value is -1.25. The summed E-state index contributed by atoms with van der Waals surface area (Å²) in [6.07, 6.45) is -0.0173. The second-order valence-electron chi connectivity index (χ2n) is 3.97. The number of halogens is 2. The van der Waals surface area contributed by atoms with E-state index in [9.17, 15) is 14.5 Å². The van der Waals surface area contributed by atoms with Crippen LogP contribution in [-0.2, 0) is 9.47 Å². The van der Waals surface area contributed by atoms with Gasteiger partial charge in [0.15, 0.2) is 12.0 Å². The average Bonchev–Trinajstić information content (AvgIpc) is 2.42. The van der Waals surface area contributed by atoms with Crippen LogP contribution in [0.4, 0.5) is 10.1 Å². The van der Waals surface area contributed by atoms with Crippen molar-refractivity contribution in [2.24, 2.45) is 0 Å². The van der Waals surface area contributed by atoms with Crippen LogP contribution in [0.5, 0.6) is 5.75 Å². The number of hydrogen-bond donors (Lipinski definition) is 0. The van der Waals surface area contributed by atoms with E-state index < -0.39 is 22.7 Å². The molecule has 0 spiro atoms. The lowest BCUT2D eigenvalue weighted by Gasteiger charge is -2.17. The molecule has 118 valence electrons. The number of rotatable bonds is 9. The Balaban J connectivity index is 2.70. The number of ether oxygens (including phenoxy) is 3. The van der Waals surface area contributed by atoms with Crippen molar-refractivity contribution in [3.05, 3.63) is 32.5 Å². The molecule has 0 radical (unpaired) electrons. The minimum absolute atomic E-state index is 0.0000203. The molecule has 0 saturated heterocycles. The van der Waals surface area contributed by atoms with E-state index in [0.29, 0.717) is 19.6 Å². The van der Waals surface area contributed by atoms with Gasteiger partial charge in [0, 0.05) is 25.7 Å². The van der Waals surface area contributed by atoms with Crippen molar-refractivity contribution >= 4 is 21.6 Å². The van der Waals surface area contributed by atoms with Gasteiger partial charge in [-0.1, -0.05) is 0 Å². The maximum atomic E-state index is 13.3. The number of benzene rings is 1. The standard InChI is InChI=1S/C13H17BrFNO5/c1-3-19-13(20-4-2)5-6-21-12-7-9(14)10(15)8-11(12)16(17)18/h7-8,13H,3-6H2,1-2H3. The molecular formula is C13H17BrFNO5. The van der Waals surface area contributed by atoms with Gasteiger partial charge in [0.05, 0.1) is 22.1 Å². The van der Waals surface area contributed by atoms with Gasteiger partial charge in [-0.15, -0.1) is 0 Å². The van der Waals surface area contributed by atoms with Crippen molar-refractivity contribution < 1.29 is 23.5 Å². The van der Waals surface area contributed by atoms with Crippen LogP contribution in [0.15, 0.2) is 16.6 Å². The number of nitrogens with zero attached hydrogens (tertiary/aromatic N) is 1. The van der Waals surface area contributed by atoms with Crippen LogP contribution < -0.4 is 4.74 Å². The molecule has 0 aromatic heterocycles. The largest absolute Gasteiger partial charge is 0.487 e. The van der Waals surface area contributed by atoms with Crippen LogP contribution in [0, 0.1) is 15.9 Å². The third kappa shape index (κ3) is 5.56. The van der Waals surface area contributed by atoms with Crippen LogP contribution in [0.1, 0.15) is 20.3 Å². The summed E-state index contributed by atoms with van der Waals surface area (Å²) in [4.78, 5) is 10.2. The molecule has 0 unspecified atom stereocenters. The van der Waals surface area contributed by atoms with Crippen molar-refractivity contribution in [2.45, 2.75) is 26.6 Å². The Morgan fingerprint density at radius 1 is 1.33 bits per heavy atom. The van der Waals surface area contributed by atoms with E-state index in [4.69, 9.17) is 14.2 Å². The zero-order valence-corrected chi connectivity index (χ0v) is 13.4. The van der Waals surface area contributed by atoms with Crippen LogP contribution in [0.3, 0.4) is 0 Å². The van der Waals surface area contributed by atoms with Crippen LogP contribution in [0.2, 0.25) is 0 Å². The summed E-state index contributed by atoms with van der Waals surface area (Å²) >= 11 is 2.97. The fourth-order valence-electron chi connectivity index (χ4n) is 1.63. The SMILES string of the molecule is CCOC(CCOc1cc(Br)c(F)cc1[N+](=O)[O-])OCC. The summed E-state index contributed by atoms with van der Waals surface area (Å²) < 4.78 is 29.5. The first-order valence-electron chi connectivity index (χ1n) is 6.49. The fourth-order valence-corrected chi connectivity index (χ4v) is 1.95. The molecule has 0 heterocycles. The molecule has 21 heavy (non-hydrogen) atoms. The second kappa shape index (κ2) is 8.91. The zero-order valence-electron chi connectivity index (χ0n) is 11.8. The Morgan fingerprint density at radius 3 is 2.48 bits per heavy atom. The molecule has 0 aliphatic heterocycles. The van der Waals surface area contributed by atoms with Gasteiger partial charge in [0.25, 0.3) is 0 Å². The first-order valence-corrected chi connectivity index (χ1v) is 7.28. The minimum atomic E-state index is -0.712. The maximum Gasteiger partial charge on any atom is 0.313 e. The molecule has 0 saturated carbocycles. The molecule has 0 amide bonds. The zero-order chi connectivity index (χ0) is 15.8.